The van der Waals surface area contributed by atoms with Crippen LogP contribution >= 0.6 is 11.8 Å². The summed E-state index contributed by atoms with van der Waals surface area (Å²) >= 11 is 1.63. The second-order valence-electron chi connectivity index (χ2n) is 5.49. The SMILES string of the molecule is CC(C(=O)NCCSCc1ccco1)N(c1ccccc1)S(C)(=O)=O. The number of para-hydroxylation sites is 1. The Morgan fingerprint density at radius 1 is 1.24 bits per heavy atom. The number of anilines is 1. The molecule has 2 aromatic rings. The fourth-order valence-corrected chi connectivity index (χ4v) is 4.28. The van der Waals surface area contributed by atoms with Gasteiger partial charge in [0.05, 0.1) is 24.0 Å². The van der Waals surface area contributed by atoms with E-state index in [1.54, 1.807) is 55.3 Å². The van der Waals surface area contributed by atoms with E-state index in [4.69, 9.17) is 4.42 Å². The molecule has 0 bridgehead atoms. The number of sulfonamides is 1. The number of hydrogen-bond acceptors (Lipinski definition) is 5. The van der Waals surface area contributed by atoms with Crippen LogP contribution < -0.4 is 9.62 Å². The molecule has 1 amide bonds. The molecule has 1 heterocycles. The first-order valence-corrected chi connectivity index (χ1v) is 10.8. The van der Waals surface area contributed by atoms with E-state index in [1.807, 2.05) is 12.1 Å². The van der Waals surface area contributed by atoms with Crippen LogP contribution in [0.25, 0.3) is 0 Å². The van der Waals surface area contributed by atoms with Crippen LogP contribution in [0.4, 0.5) is 5.69 Å². The van der Waals surface area contributed by atoms with Crippen molar-refractivity contribution in [3.05, 3.63) is 54.5 Å². The molecule has 6 nitrogen and oxygen atoms in total. The Kier molecular flexibility index (Phi) is 6.95. The smallest absolute Gasteiger partial charge is 0.243 e. The van der Waals surface area contributed by atoms with E-state index in [0.29, 0.717) is 18.0 Å². The van der Waals surface area contributed by atoms with Crippen molar-refractivity contribution in [3.63, 3.8) is 0 Å². The average molecular weight is 383 g/mol. The maximum Gasteiger partial charge on any atom is 0.243 e. The quantitative estimate of drug-likeness (QED) is 0.674. The minimum absolute atomic E-state index is 0.326. The Bertz CT molecular complexity index is 761. The first-order valence-electron chi connectivity index (χ1n) is 7.82. The topological polar surface area (TPSA) is 79.6 Å². The summed E-state index contributed by atoms with van der Waals surface area (Å²) < 4.78 is 30.6. The summed E-state index contributed by atoms with van der Waals surface area (Å²) in [5.74, 6) is 2.01. The Balaban J connectivity index is 1.88. The van der Waals surface area contributed by atoms with Crippen molar-refractivity contribution in [1.82, 2.24) is 5.32 Å². The average Bonchev–Trinajstić information content (AvgIpc) is 3.07. The highest BCUT2D eigenvalue weighted by molar-refractivity contribution is 7.98. The van der Waals surface area contributed by atoms with Crippen LogP contribution in [-0.4, -0.2) is 38.9 Å². The Morgan fingerprint density at radius 2 is 1.96 bits per heavy atom. The highest BCUT2D eigenvalue weighted by Gasteiger charge is 2.28. The number of benzene rings is 1. The molecule has 0 saturated carbocycles. The molecule has 0 aliphatic heterocycles. The zero-order valence-corrected chi connectivity index (χ0v) is 15.8. The maximum atomic E-state index is 12.4. The van der Waals surface area contributed by atoms with Crippen molar-refractivity contribution in [2.24, 2.45) is 0 Å². The van der Waals surface area contributed by atoms with Crippen molar-refractivity contribution >= 4 is 33.4 Å². The van der Waals surface area contributed by atoms with Crippen molar-refractivity contribution in [2.45, 2.75) is 18.7 Å². The Morgan fingerprint density at radius 3 is 2.56 bits per heavy atom. The molecule has 0 aliphatic carbocycles. The molecular weight excluding hydrogens is 360 g/mol. The molecule has 0 fully saturated rings. The Labute approximate surface area is 152 Å². The third-order valence-electron chi connectivity index (χ3n) is 3.47. The highest BCUT2D eigenvalue weighted by Crippen LogP contribution is 2.20. The molecule has 0 radical (unpaired) electrons. The van der Waals surface area contributed by atoms with Gasteiger partial charge < -0.3 is 9.73 Å². The highest BCUT2D eigenvalue weighted by atomic mass is 32.2. The van der Waals surface area contributed by atoms with Crippen molar-refractivity contribution < 1.29 is 17.6 Å². The molecule has 1 N–H and O–H groups in total. The van der Waals surface area contributed by atoms with E-state index >= 15 is 0 Å². The lowest BCUT2D eigenvalue weighted by molar-refractivity contribution is -0.121. The number of thioether (sulfide) groups is 1. The molecule has 0 aliphatic rings. The number of nitrogens with zero attached hydrogens (tertiary/aromatic N) is 1. The van der Waals surface area contributed by atoms with Crippen molar-refractivity contribution in [3.8, 4) is 0 Å². The molecule has 1 aromatic heterocycles. The zero-order chi connectivity index (χ0) is 18.3. The van der Waals surface area contributed by atoms with Gasteiger partial charge in [-0.1, -0.05) is 18.2 Å². The number of amides is 1. The van der Waals surface area contributed by atoms with Crippen molar-refractivity contribution in [2.75, 3.05) is 22.9 Å². The largest absolute Gasteiger partial charge is 0.468 e. The molecular formula is C17H22N2O4S2. The van der Waals surface area contributed by atoms with Gasteiger partial charge in [0.15, 0.2) is 0 Å². The summed E-state index contributed by atoms with van der Waals surface area (Å²) in [5.41, 5.74) is 0.472. The minimum atomic E-state index is -3.57. The molecule has 2 rings (SSSR count). The fourth-order valence-electron chi connectivity index (χ4n) is 2.35. The van der Waals surface area contributed by atoms with Gasteiger partial charge in [0.1, 0.15) is 11.8 Å². The normalized spacial score (nSPS) is 12.6. The van der Waals surface area contributed by atoms with Gasteiger partial charge in [-0.05, 0) is 31.2 Å². The number of nitrogens with one attached hydrogen (secondary N) is 1. The molecule has 1 aromatic carbocycles. The third kappa shape index (κ3) is 5.82. The summed E-state index contributed by atoms with van der Waals surface area (Å²) in [6.45, 7) is 2.04. The number of hydrogen-bond donors (Lipinski definition) is 1. The zero-order valence-electron chi connectivity index (χ0n) is 14.2. The lowest BCUT2D eigenvalue weighted by Gasteiger charge is -2.28. The fraction of sp³-hybridized carbons (Fsp3) is 0.353. The minimum Gasteiger partial charge on any atom is -0.468 e. The first kappa shape index (κ1) is 19.4. The summed E-state index contributed by atoms with van der Waals surface area (Å²) in [6.07, 6.45) is 2.73. The summed E-state index contributed by atoms with van der Waals surface area (Å²) in [6, 6.07) is 11.5. The van der Waals surface area contributed by atoms with Gasteiger partial charge in [-0.2, -0.15) is 11.8 Å². The van der Waals surface area contributed by atoms with Crippen LogP contribution in [0.3, 0.4) is 0 Å². The van der Waals surface area contributed by atoms with E-state index in [-0.39, 0.29) is 5.91 Å². The summed E-state index contributed by atoms with van der Waals surface area (Å²) in [4.78, 5) is 12.4. The third-order valence-corrected chi connectivity index (χ3v) is 5.69. The number of rotatable bonds is 9. The van der Waals surface area contributed by atoms with Gasteiger partial charge in [-0.15, -0.1) is 0 Å². The summed E-state index contributed by atoms with van der Waals surface area (Å²) in [5, 5.41) is 2.79. The van der Waals surface area contributed by atoms with Crippen LogP contribution in [0.2, 0.25) is 0 Å². The van der Waals surface area contributed by atoms with Gasteiger partial charge in [0.25, 0.3) is 0 Å². The second kappa shape index (κ2) is 8.96. The molecule has 136 valence electrons. The standard InChI is InChI=1S/C17H22N2O4S2/c1-14(19(25(2,21)22)15-7-4-3-5-8-15)17(20)18-10-12-24-13-16-9-6-11-23-16/h3-9,11,14H,10,12-13H2,1-2H3,(H,18,20). The predicted molar refractivity (Wildman–Crippen MR) is 101 cm³/mol. The van der Waals surface area contributed by atoms with Gasteiger partial charge in [-0.3, -0.25) is 9.10 Å². The molecule has 0 spiro atoms. The van der Waals surface area contributed by atoms with Gasteiger partial charge in [0.2, 0.25) is 15.9 Å². The predicted octanol–water partition coefficient (Wildman–Crippen LogP) is 2.48. The van der Waals surface area contributed by atoms with E-state index < -0.39 is 16.1 Å². The van der Waals surface area contributed by atoms with Gasteiger partial charge in [-0.25, -0.2) is 8.42 Å². The van der Waals surface area contributed by atoms with E-state index in [9.17, 15) is 13.2 Å². The van der Waals surface area contributed by atoms with E-state index in [2.05, 4.69) is 5.32 Å². The van der Waals surface area contributed by atoms with Crippen molar-refractivity contribution in [1.29, 1.82) is 0 Å². The first-order chi connectivity index (χ1) is 11.9. The molecule has 1 atom stereocenters. The lowest BCUT2D eigenvalue weighted by Crippen LogP contribution is -2.48. The number of carbonyl (C=O) groups is 1. The second-order valence-corrected chi connectivity index (χ2v) is 8.46. The lowest BCUT2D eigenvalue weighted by atomic mass is 10.2. The number of carbonyl (C=O) groups excluding carboxylic acids is 1. The van der Waals surface area contributed by atoms with E-state index in [1.165, 1.54) is 0 Å². The van der Waals surface area contributed by atoms with Crippen LogP contribution in [0.5, 0.6) is 0 Å². The van der Waals surface area contributed by atoms with E-state index in [0.717, 1.165) is 22.1 Å². The van der Waals surface area contributed by atoms with Crippen LogP contribution in [0.1, 0.15) is 12.7 Å². The molecule has 25 heavy (non-hydrogen) atoms. The molecule has 8 heteroatoms. The van der Waals surface area contributed by atoms with Crippen LogP contribution in [0, 0.1) is 0 Å². The maximum absolute atomic E-state index is 12.4. The monoisotopic (exact) mass is 382 g/mol. The van der Waals surface area contributed by atoms with Crippen LogP contribution in [-0.2, 0) is 20.6 Å². The Hall–Kier alpha value is -1.93. The number of furan rings is 1. The van der Waals surface area contributed by atoms with Crippen LogP contribution in [0.15, 0.2) is 53.1 Å². The summed E-state index contributed by atoms with van der Waals surface area (Å²) in [7, 11) is -3.57. The van der Waals surface area contributed by atoms with Gasteiger partial charge >= 0.3 is 0 Å². The van der Waals surface area contributed by atoms with Gasteiger partial charge in [0, 0.05) is 12.3 Å². The molecule has 1 unspecified atom stereocenters. The molecule has 0 saturated heterocycles.